The van der Waals surface area contributed by atoms with Gasteiger partial charge in [-0.2, -0.15) is 0 Å². The van der Waals surface area contributed by atoms with Gasteiger partial charge in [0.15, 0.2) is 5.82 Å². The number of benzene rings is 2. The lowest BCUT2D eigenvalue weighted by Crippen LogP contribution is -1.98. The van der Waals surface area contributed by atoms with Crippen LogP contribution in [0.1, 0.15) is 0 Å². The minimum Gasteiger partial charge on any atom is -0.497 e. The van der Waals surface area contributed by atoms with E-state index < -0.39 is 5.82 Å². The van der Waals surface area contributed by atoms with Crippen molar-refractivity contribution in [1.29, 1.82) is 0 Å². The Morgan fingerprint density at radius 2 is 2.05 bits per heavy atom. The molecule has 0 spiro atoms. The number of fused-ring (bicyclic) bond motifs is 1. The van der Waals surface area contributed by atoms with Crippen molar-refractivity contribution in [2.75, 3.05) is 12.4 Å². The third-order valence-corrected chi connectivity index (χ3v) is 3.34. The number of nitrogens with zero attached hydrogens (tertiary/aromatic N) is 2. The molecule has 0 aliphatic heterocycles. The van der Waals surface area contributed by atoms with Gasteiger partial charge in [0.2, 0.25) is 0 Å². The van der Waals surface area contributed by atoms with Crippen molar-refractivity contribution in [2.24, 2.45) is 0 Å². The van der Waals surface area contributed by atoms with Crippen LogP contribution in [0.2, 0.25) is 5.02 Å². The second-order valence-corrected chi connectivity index (χ2v) is 4.74. The van der Waals surface area contributed by atoms with Crippen LogP contribution in [0.5, 0.6) is 5.75 Å². The van der Waals surface area contributed by atoms with Gasteiger partial charge in [0.05, 0.1) is 23.3 Å². The normalized spacial score (nSPS) is 10.6. The van der Waals surface area contributed by atoms with Crippen molar-refractivity contribution in [2.45, 2.75) is 0 Å². The van der Waals surface area contributed by atoms with E-state index in [1.165, 1.54) is 12.4 Å². The number of methoxy groups -OCH3 is 1. The quantitative estimate of drug-likeness (QED) is 0.788. The van der Waals surface area contributed by atoms with E-state index >= 15 is 0 Å². The number of hydrogen-bond acceptors (Lipinski definition) is 4. The Balaban J connectivity index is 2.09. The van der Waals surface area contributed by atoms with Gasteiger partial charge in [0.1, 0.15) is 17.9 Å². The van der Waals surface area contributed by atoms with E-state index in [0.717, 1.165) is 10.9 Å². The van der Waals surface area contributed by atoms with E-state index in [1.807, 2.05) is 6.07 Å². The molecule has 3 rings (SSSR count). The molecule has 0 saturated heterocycles. The van der Waals surface area contributed by atoms with Gasteiger partial charge in [0, 0.05) is 5.39 Å². The standard InChI is InChI=1S/C15H11ClFN3O/c1-21-9-5-6-12-10(7-9)15(19-8-18-12)20-13-4-2-3-11(16)14(13)17/h2-8H,1H3,(H,18,19,20). The fourth-order valence-electron chi connectivity index (χ4n) is 1.99. The second kappa shape index (κ2) is 5.54. The average molecular weight is 304 g/mol. The summed E-state index contributed by atoms with van der Waals surface area (Å²) >= 11 is 5.78. The van der Waals surface area contributed by atoms with Gasteiger partial charge in [-0.25, -0.2) is 14.4 Å². The van der Waals surface area contributed by atoms with E-state index in [-0.39, 0.29) is 10.7 Å². The van der Waals surface area contributed by atoms with Gasteiger partial charge in [-0.15, -0.1) is 0 Å². The fraction of sp³-hybridized carbons (Fsp3) is 0.0667. The van der Waals surface area contributed by atoms with Gasteiger partial charge >= 0.3 is 0 Å². The van der Waals surface area contributed by atoms with E-state index in [2.05, 4.69) is 15.3 Å². The highest BCUT2D eigenvalue weighted by Crippen LogP contribution is 2.29. The summed E-state index contributed by atoms with van der Waals surface area (Å²) in [6.07, 6.45) is 1.42. The predicted molar refractivity (Wildman–Crippen MR) is 80.8 cm³/mol. The van der Waals surface area contributed by atoms with Crippen molar-refractivity contribution in [1.82, 2.24) is 9.97 Å². The van der Waals surface area contributed by atoms with Crippen LogP contribution in [0.3, 0.4) is 0 Å². The summed E-state index contributed by atoms with van der Waals surface area (Å²) in [6, 6.07) is 10.2. The van der Waals surface area contributed by atoms with E-state index in [9.17, 15) is 4.39 Å². The molecule has 2 aromatic carbocycles. The van der Waals surface area contributed by atoms with Crippen molar-refractivity contribution in [3.63, 3.8) is 0 Å². The number of nitrogens with one attached hydrogen (secondary N) is 1. The van der Waals surface area contributed by atoms with Crippen LogP contribution in [-0.4, -0.2) is 17.1 Å². The molecule has 0 bridgehead atoms. The molecular weight excluding hydrogens is 293 g/mol. The summed E-state index contributed by atoms with van der Waals surface area (Å²) in [5, 5.41) is 3.73. The predicted octanol–water partition coefficient (Wildman–Crippen LogP) is 4.17. The zero-order chi connectivity index (χ0) is 14.8. The second-order valence-electron chi connectivity index (χ2n) is 4.33. The van der Waals surface area contributed by atoms with Crippen molar-refractivity contribution >= 4 is 34.0 Å². The Bertz CT molecular complexity index is 810. The lowest BCUT2D eigenvalue weighted by molar-refractivity contribution is 0.415. The molecular formula is C15H11ClFN3O. The topological polar surface area (TPSA) is 47.0 Å². The summed E-state index contributed by atoms with van der Waals surface area (Å²) < 4.78 is 19.2. The van der Waals surface area contributed by atoms with Gasteiger partial charge in [0.25, 0.3) is 0 Å². The third kappa shape index (κ3) is 2.60. The molecule has 0 aliphatic rings. The van der Waals surface area contributed by atoms with Gasteiger partial charge in [-0.3, -0.25) is 0 Å². The summed E-state index contributed by atoms with van der Waals surface area (Å²) in [5.74, 6) is 0.640. The molecule has 0 unspecified atom stereocenters. The number of anilines is 2. The lowest BCUT2D eigenvalue weighted by atomic mass is 10.2. The summed E-state index contributed by atoms with van der Waals surface area (Å²) in [4.78, 5) is 8.33. The molecule has 3 aromatic rings. The molecule has 0 radical (unpaired) electrons. The highest BCUT2D eigenvalue weighted by Gasteiger charge is 2.10. The first-order valence-electron chi connectivity index (χ1n) is 6.19. The van der Waals surface area contributed by atoms with Gasteiger partial charge in [-0.1, -0.05) is 17.7 Å². The molecule has 21 heavy (non-hydrogen) atoms. The van der Waals surface area contributed by atoms with E-state index in [4.69, 9.17) is 16.3 Å². The molecule has 1 N–H and O–H groups in total. The number of halogens is 2. The minimum atomic E-state index is -0.520. The lowest BCUT2D eigenvalue weighted by Gasteiger charge is -2.10. The highest BCUT2D eigenvalue weighted by molar-refractivity contribution is 6.31. The zero-order valence-corrected chi connectivity index (χ0v) is 11.9. The van der Waals surface area contributed by atoms with E-state index in [0.29, 0.717) is 11.6 Å². The molecule has 106 valence electrons. The van der Waals surface area contributed by atoms with Crippen molar-refractivity contribution < 1.29 is 9.13 Å². The number of rotatable bonds is 3. The largest absolute Gasteiger partial charge is 0.497 e. The van der Waals surface area contributed by atoms with Crippen LogP contribution >= 0.6 is 11.6 Å². The van der Waals surface area contributed by atoms with Gasteiger partial charge < -0.3 is 10.1 Å². The first kappa shape index (κ1) is 13.6. The molecule has 0 aliphatic carbocycles. The maximum absolute atomic E-state index is 14.0. The Morgan fingerprint density at radius 3 is 2.86 bits per heavy atom. The van der Waals surface area contributed by atoms with Crippen LogP contribution in [0.4, 0.5) is 15.9 Å². The molecule has 0 fully saturated rings. The smallest absolute Gasteiger partial charge is 0.165 e. The molecule has 0 amide bonds. The highest BCUT2D eigenvalue weighted by atomic mass is 35.5. The maximum atomic E-state index is 14.0. The van der Waals surface area contributed by atoms with Crippen LogP contribution in [-0.2, 0) is 0 Å². The Hall–Kier alpha value is -2.40. The van der Waals surface area contributed by atoms with Crippen molar-refractivity contribution in [3.8, 4) is 5.75 Å². The van der Waals surface area contributed by atoms with Crippen LogP contribution in [0, 0.1) is 5.82 Å². The van der Waals surface area contributed by atoms with Gasteiger partial charge in [-0.05, 0) is 30.3 Å². The first-order chi connectivity index (χ1) is 10.2. The zero-order valence-electron chi connectivity index (χ0n) is 11.1. The maximum Gasteiger partial charge on any atom is 0.165 e. The van der Waals surface area contributed by atoms with E-state index in [1.54, 1.807) is 31.4 Å². The summed E-state index contributed by atoms with van der Waals surface area (Å²) in [7, 11) is 1.58. The fourth-order valence-corrected chi connectivity index (χ4v) is 2.16. The minimum absolute atomic E-state index is 0.0518. The Kier molecular flexibility index (Phi) is 3.58. The number of hydrogen-bond donors (Lipinski definition) is 1. The number of ether oxygens (including phenoxy) is 1. The number of aromatic nitrogens is 2. The van der Waals surface area contributed by atoms with Crippen LogP contribution in [0.25, 0.3) is 10.9 Å². The third-order valence-electron chi connectivity index (χ3n) is 3.05. The average Bonchev–Trinajstić information content (AvgIpc) is 2.51. The Labute approximate surface area is 125 Å². The molecule has 1 aromatic heterocycles. The monoisotopic (exact) mass is 303 g/mol. The molecule has 0 saturated carbocycles. The molecule has 1 heterocycles. The molecule has 6 heteroatoms. The SMILES string of the molecule is COc1ccc2ncnc(Nc3cccc(Cl)c3F)c2c1. The molecule has 4 nitrogen and oxygen atoms in total. The summed E-state index contributed by atoms with van der Waals surface area (Å²) in [5.41, 5.74) is 0.987. The first-order valence-corrected chi connectivity index (χ1v) is 6.56. The van der Waals surface area contributed by atoms with Crippen LogP contribution < -0.4 is 10.1 Å². The van der Waals surface area contributed by atoms with Crippen LogP contribution in [0.15, 0.2) is 42.7 Å². The Morgan fingerprint density at radius 1 is 1.19 bits per heavy atom. The van der Waals surface area contributed by atoms with Crippen molar-refractivity contribution in [3.05, 3.63) is 53.6 Å². The molecule has 0 atom stereocenters. The summed E-state index contributed by atoms with van der Waals surface area (Å²) in [6.45, 7) is 0.